The van der Waals surface area contributed by atoms with E-state index in [0.29, 0.717) is 30.5 Å². The Balaban J connectivity index is 1.25. The van der Waals surface area contributed by atoms with Gasteiger partial charge in [-0.15, -0.1) is 0 Å². The molecule has 1 aromatic carbocycles. The van der Waals surface area contributed by atoms with Crippen LogP contribution in [-0.4, -0.2) is 80.1 Å². The van der Waals surface area contributed by atoms with E-state index in [1.165, 1.54) is 4.90 Å². The number of likely N-dealkylation sites (tertiary alicyclic amines) is 2. The number of amides is 2. The molecular formula is C21H26FN5O2. The first-order valence-corrected chi connectivity index (χ1v) is 10.0. The summed E-state index contributed by atoms with van der Waals surface area (Å²) in [5.74, 6) is 0.523. The summed E-state index contributed by atoms with van der Waals surface area (Å²) in [6.07, 6.45) is -1.01. The molecule has 1 aliphatic carbocycles. The third-order valence-corrected chi connectivity index (χ3v) is 6.32. The zero-order chi connectivity index (χ0) is 20.7. The van der Waals surface area contributed by atoms with Gasteiger partial charge in [0.05, 0.1) is 19.2 Å². The fourth-order valence-corrected chi connectivity index (χ4v) is 4.57. The number of piperidine rings is 1. The van der Waals surface area contributed by atoms with Gasteiger partial charge in [0.25, 0.3) is 5.91 Å². The predicted molar refractivity (Wildman–Crippen MR) is 106 cm³/mol. The van der Waals surface area contributed by atoms with Gasteiger partial charge in [-0.1, -0.05) is 0 Å². The van der Waals surface area contributed by atoms with Gasteiger partial charge in [-0.3, -0.25) is 9.59 Å². The molecule has 2 saturated heterocycles. The number of carbonyl (C=O) groups excluding carboxylic acids is 2. The Morgan fingerprint density at radius 1 is 1.21 bits per heavy atom. The molecule has 29 heavy (non-hydrogen) atoms. The fraction of sp³-hybridized carbons (Fsp3) is 0.571. The largest absolute Gasteiger partial charge is 0.378 e. The molecule has 7 nitrogen and oxygen atoms in total. The van der Waals surface area contributed by atoms with E-state index in [-0.39, 0.29) is 37.4 Å². The summed E-state index contributed by atoms with van der Waals surface area (Å²) >= 11 is 0. The van der Waals surface area contributed by atoms with Crippen molar-refractivity contribution in [1.82, 2.24) is 15.1 Å². The van der Waals surface area contributed by atoms with Gasteiger partial charge < -0.3 is 20.0 Å². The van der Waals surface area contributed by atoms with Crippen LogP contribution in [-0.2, 0) is 4.79 Å². The number of hydrogen-bond donors (Lipinski definition) is 1. The first-order chi connectivity index (χ1) is 13.9. The number of carbonyl (C=O) groups is 2. The molecule has 2 unspecified atom stereocenters. The number of rotatable bonds is 5. The molecule has 4 atom stereocenters. The average molecular weight is 399 g/mol. The van der Waals surface area contributed by atoms with E-state index >= 15 is 0 Å². The van der Waals surface area contributed by atoms with Gasteiger partial charge in [-0.25, -0.2) is 4.39 Å². The van der Waals surface area contributed by atoms with E-state index < -0.39 is 12.2 Å². The molecule has 8 heteroatoms. The number of anilines is 1. The summed E-state index contributed by atoms with van der Waals surface area (Å²) in [6.45, 7) is 1.48. The van der Waals surface area contributed by atoms with Crippen molar-refractivity contribution in [2.24, 2.45) is 11.8 Å². The van der Waals surface area contributed by atoms with Crippen LogP contribution in [0.15, 0.2) is 24.3 Å². The van der Waals surface area contributed by atoms with Gasteiger partial charge in [0, 0.05) is 50.9 Å². The van der Waals surface area contributed by atoms with Gasteiger partial charge in [0.1, 0.15) is 12.2 Å². The monoisotopic (exact) mass is 399 g/mol. The first-order valence-electron chi connectivity index (χ1n) is 10.0. The van der Waals surface area contributed by atoms with Gasteiger partial charge in [0.15, 0.2) is 0 Å². The molecule has 0 aromatic heterocycles. The lowest BCUT2D eigenvalue weighted by atomic mass is 10.1. The SMILES string of the molecule is CN(C)c1ccc(C(=O)N2CC3C(C2)C3NCC(=O)N2C[C@@H](F)C[C@H]2C#N)cc1. The third-order valence-electron chi connectivity index (χ3n) is 6.32. The topological polar surface area (TPSA) is 79.7 Å². The Morgan fingerprint density at radius 3 is 2.45 bits per heavy atom. The van der Waals surface area contributed by atoms with Gasteiger partial charge in [-0.2, -0.15) is 5.26 Å². The highest BCUT2D eigenvalue weighted by atomic mass is 19.1. The van der Waals surface area contributed by atoms with Crippen molar-refractivity contribution in [3.8, 4) is 6.07 Å². The van der Waals surface area contributed by atoms with Gasteiger partial charge in [0.2, 0.25) is 5.91 Å². The number of nitriles is 1. The van der Waals surface area contributed by atoms with Crippen molar-refractivity contribution >= 4 is 17.5 Å². The maximum atomic E-state index is 13.5. The normalized spacial score (nSPS) is 30.1. The lowest BCUT2D eigenvalue weighted by Crippen LogP contribution is -2.43. The lowest BCUT2D eigenvalue weighted by Gasteiger charge is -2.22. The minimum atomic E-state index is -1.12. The zero-order valence-corrected chi connectivity index (χ0v) is 16.7. The van der Waals surface area contributed by atoms with Crippen LogP contribution in [0.3, 0.4) is 0 Å². The van der Waals surface area contributed by atoms with Crippen molar-refractivity contribution < 1.29 is 14.0 Å². The molecule has 2 heterocycles. The number of hydrogen-bond acceptors (Lipinski definition) is 5. The van der Waals surface area contributed by atoms with E-state index in [9.17, 15) is 14.0 Å². The van der Waals surface area contributed by atoms with Crippen molar-refractivity contribution in [3.63, 3.8) is 0 Å². The van der Waals surface area contributed by atoms with Crippen molar-refractivity contribution in [1.29, 1.82) is 5.26 Å². The molecule has 3 aliphatic rings. The van der Waals surface area contributed by atoms with Crippen LogP contribution in [0, 0.1) is 23.2 Å². The van der Waals surface area contributed by atoms with Crippen LogP contribution in [0.2, 0.25) is 0 Å². The highest BCUT2D eigenvalue weighted by Crippen LogP contribution is 2.45. The van der Waals surface area contributed by atoms with Crippen LogP contribution < -0.4 is 10.2 Å². The molecule has 0 bridgehead atoms. The minimum absolute atomic E-state index is 0.00511. The van der Waals surface area contributed by atoms with E-state index in [0.717, 1.165) is 5.69 Å². The summed E-state index contributed by atoms with van der Waals surface area (Å²) in [4.78, 5) is 30.2. The molecule has 2 aliphatic heterocycles. The Morgan fingerprint density at radius 2 is 1.86 bits per heavy atom. The van der Waals surface area contributed by atoms with Crippen molar-refractivity contribution in [2.45, 2.75) is 24.7 Å². The molecule has 0 spiro atoms. The summed E-state index contributed by atoms with van der Waals surface area (Å²) in [5.41, 5.74) is 1.74. The molecular weight excluding hydrogens is 373 g/mol. The van der Waals surface area contributed by atoms with E-state index in [2.05, 4.69) is 5.32 Å². The number of fused-ring (bicyclic) bond motifs is 1. The van der Waals surface area contributed by atoms with E-state index in [1.807, 2.05) is 54.2 Å². The maximum Gasteiger partial charge on any atom is 0.253 e. The molecule has 2 amide bonds. The Hall–Kier alpha value is -2.66. The Labute approximate surface area is 170 Å². The molecule has 1 saturated carbocycles. The minimum Gasteiger partial charge on any atom is -0.378 e. The van der Waals surface area contributed by atoms with Gasteiger partial charge in [-0.05, 0) is 36.1 Å². The molecule has 154 valence electrons. The number of benzene rings is 1. The first kappa shape index (κ1) is 19.6. The van der Waals surface area contributed by atoms with Gasteiger partial charge >= 0.3 is 0 Å². The summed E-state index contributed by atoms with van der Waals surface area (Å²) in [5, 5.41) is 12.3. The molecule has 0 radical (unpaired) electrons. The highest BCUT2D eigenvalue weighted by molar-refractivity contribution is 5.95. The molecule has 1 N–H and O–H groups in total. The molecule has 4 rings (SSSR count). The third kappa shape index (κ3) is 3.79. The molecule has 1 aromatic rings. The number of halogens is 1. The fourth-order valence-electron chi connectivity index (χ4n) is 4.57. The lowest BCUT2D eigenvalue weighted by molar-refractivity contribution is -0.130. The summed E-state index contributed by atoms with van der Waals surface area (Å²) in [6, 6.07) is 9.14. The predicted octanol–water partition coefficient (Wildman–Crippen LogP) is 0.875. The van der Waals surface area contributed by atoms with E-state index in [1.54, 1.807) is 0 Å². The number of nitrogens with zero attached hydrogens (tertiary/aromatic N) is 4. The standard InChI is InChI=1S/C21H26FN5O2/c1-25(2)15-5-3-13(4-6-15)21(29)26-11-17-18(12-26)20(17)24-9-19(28)27-10-14(22)7-16(27)8-23/h3-6,14,16-18,20,24H,7,9-12H2,1-2H3/t14-,16-,17?,18?,20?/m0/s1. The van der Waals surface area contributed by atoms with Crippen LogP contribution in [0.1, 0.15) is 16.8 Å². The second-order valence-corrected chi connectivity index (χ2v) is 8.41. The number of nitrogens with one attached hydrogen (secondary N) is 1. The quantitative estimate of drug-likeness (QED) is 0.795. The Kier molecular flexibility index (Phi) is 5.17. The average Bonchev–Trinajstić information content (AvgIpc) is 3.05. The highest BCUT2D eigenvalue weighted by Gasteiger charge is 2.56. The van der Waals surface area contributed by atoms with Crippen LogP contribution in [0.4, 0.5) is 10.1 Å². The maximum absolute atomic E-state index is 13.5. The number of alkyl halides is 1. The van der Waals surface area contributed by atoms with Crippen molar-refractivity contribution in [3.05, 3.63) is 29.8 Å². The second-order valence-electron chi connectivity index (χ2n) is 8.41. The van der Waals surface area contributed by atoms with Crippen LogP contribution in [0.5, 0.6) is 0 Å². The smallest absolute Gasteiger partial charge is 0.253 e. The summed E-state index contributed by atoms with van der Waals surface area (Å²) in [7, 11) is 3.92. The van der Waals surface area contributed by atoms with Crippen LogP contribution in [0.25, 0.3) is 0 Å². The summed E-state index contributed by atoms with van der Waals surface area (Å²) < 4.78 is 13.5. The Bertz CT molecular complexity index is 824. The zero-order valence-electron chi connectivity index (χ0n) is 16.7. The van der Waals surface area contributed by atoms with Crippen LogP contribution >= 0.6 is 0 Å². The van der Waals surface area contributed by atoms with E-state index in [4.69, 9.17) is 5.26 Å². The second kappa shape index (κ2) is 7.64. The molecule has 3 fully saturated rings. The van der Waals surface area contributed by atoms with Crippen molar-refractivity contribution in [2.75, 3.05) is 45.2 Å².